The molecule has 0 aliphatic carbocycles. The molecule has 0 aromatic heterocycles. The van der Waals surface area contributed by atoms with Crippen LogP contribution in [-0.4, -0.2) is 5.11 Å². The van der Waals surface area contributed by atoms with E-state index >= 15 is 0 Å². The van der Waals surface area contributed by atoms with Gasteiger partial charge in [-0.3, -0.25) is 0 Å². The number of benzene rings is 4. The second-order valence-electron chi connectivity index (χ2n) is 15.3. The second kappa shape index (κ2) is 22.6. The van der Waals surface area contributed by atoms with Gasteiger partial charge in [0.15, 0.2) is 11.5 Å². The smallest absolute Gasteiger partial charge is 0.216 e. The summed E-state index contributed by atoms with van der Waals surface area (Å²) in [6.07, 6.45) is 18.4. The van der Waals surface area contributed by atoms with E-state index < -0.39 is 0 Å². The number of hydrogen-bond donors (Lipinski definition) is 1. The lowest BCUT2D eigenvalue weighted by Crippen LogP contribution is -2.06. The highest BCUT2D eigenvalue weighted by atomic mass is 16.5. The third-order valence-electron chi connectivity index (χ3n) is 10.7. The van der Waals surface area contributed by atoms with Crippen molar-refractivity contribution in [3.05, 3.63) is 98.6 Å². The van der Waals surface area contributed by atoms with E-state index in [-0.39, 0.29) is 5.75 Å². The van der Waals surface area contributed by atoms with Crippen LogP contribution in [-0.2, 0) is 57.8 Å². The Labute approximate surface area is 335 Å². The van der Waals surface area contributed by atoms with E-state index in [2.05, 4.69) is 98.7 Å². The summed E-state index contributed by atoms with van der Waals surface area (Å²) in [6.45, 7) is 20.2. The van der Waals surface area contributed by atoms with Gasteiger partial charge in [0.25, 0.3) is 0 Å². The van der Waals surface area contributed by atoms with Gasteiger partial charge >= 0.3 is 0 Å². The molecule has 0 spiro atoms. The van der Waals surface area contributed by atoms with Crippen molar-refractivity contribution in [3.8, 4) is 40.2 Å². The van der Waals surface area contributed by atoms with Crippen molar-refractivity contribution in [2.24, 2.45) is 0 Å². The maximum absolute atomic E-state index is 11.8. The third kappa shape index (κ3) is 10.9. The summed E-state index contributed by atoms with van der Waals surface area (Å²) in [5.74, 6) is 3.73. The second-order valence-corrected chi connectivity index (χ2v) is 15.3. The van der Waals surface area contributed by atoms with Gasteiger partial charge in [0, 0.05) is 0 Å². The van der Waals surface area contributed by atoms with Crippen LogP contribution in [0.4, 0.5) is 0 Å². The molecule has 1 N–H and O–H groups in total. The summed E-state index contributed by atoms with van der Waals surface area (Å²) in [7, 11) is 0. The predicted molar refractivity (Wildman–Crippen MR) is 234 cm³/mol. The Kier molecular flexibility index (Phi) is 18.0. The zero-order valence-electron chi connectivity index (χ0n) is 36.0. The fourth-order valence-electron chi connectivity index (χ4n) is 8.36. The average molecular weight is 749 g/mol. The molecule has 0 saturated carbocycles. The van der Waals surface area contributed by atoms with Gasteiger partial charge in [-0.05, 0) is 138 Å². The van der Waals surface area contributed by atoms with Crippen molar-refractivity contribution in [3.63, 3.8) is 0 Å². The summed E-state index contributed by atoms with van der Waals surface area (Å²) in [5.41, 5.74) is 12.2. The standard InChI is InChI=1S/C51H72O4/c1-10-19-36-28-32-46(42(25-16-7)39(36)22-13-4)53-49-35-31-45(52)50(54-47-33-29-37(20-11-2)40(23-14-5)43(47)26-17-8)51(49)55-48-34-30-38(21-12-3)41(24-15-6)44(48)27-18-9/h28-35,52H,10-27H2,1-9H3. The lowest BCUT2D eigenvalue weighted by atomic mass is 9.91. The highest BCUT2D eigenvalue weighted by molar-refractivity contribution is 5.64. The van der Waals surface area contributed by atoms with Crippen LogP contribution in [0.5, 0.6) is 40.2 Å². The zero-order valence-corrected chi connectivity index (χ0v) is 36.0. The molecule has 4 rings (SSSR count). The van der Waals surface area contributed by atoms with Crippen LogP contribution in [0.1, 0.15) is 170 Å². The number of rotatable bonds is 24. The first-order valence-corrected chi connectivity index (χ1v) is 22.1. The van der Waals surface area contributed by atoms with Crippen LogP contribution in [0.3, 0.4) is 0 Å². The molecule has 0 unspecified atom stereocenters. The molecule has 0 saturated heterocycles. The predicted octanol–water partition coefficient (Wildman–Crippen LogP) is 15.3. The Balaban J connectivity index is 2.01. The molecule has 0 aliphatic heterocycles. The van der Waals surface area contributed by atoms with Crippen LogP contribution in [0, 0.1) is 0 Å². The molecule has 4 heteroatoms. The van der Waals surface area contributed by atoms with Crippen molar-refractivity contribution in [1.29, 1.82) is 0 Å². The summed E-state index contributed by atoms with van der Waals surface area (Å²) < 4.78 is 21.1. The fraction of sp³-hybridized carbons (Fsp3) is 0.529. The molecule has 0 atom stereocenters. The van der Waals surface area contributed by atoms with Gasteiger partial charge in [0.05, 0.1) is 0 Å². The highest BCUT2D eigenvalue weighted by Crippen LogP contribution is 2.51. The van der Waals surface area contributed by atoms with Gasteiger partial charge in [-0.1, -0.05) is 138 Å². The number of ether oxygens (including phenoxy) is 3. The SMILES string of the molecule is CCCc1ccc(Oc2ccc(O)c(Oc3ccc(CCC)c(CCC)c3CCC)c2Oc2ccc(CCC)c(CCC)c2CCC)c(CCC)c1CCC. The van der Waals surface area contributed by atoms with Crippen LogP contribution in [0.25, 0.3) is 0 Å². The van der Waals surface area contributed by atoms with Crippen LogP contribution >= 0.6 is 0 Å². The third-order valence-corrected chi connectivity index (χ3v) is 10.7. The summed E-state index contributed by atoms with van der Waals surface area (Å²) in [6, 6.07) is 16.7. The quantitative estimate of drug-likeness (QED) is 0.0775. The van der Waals surface area contributed by atoms with E-state index in [1.165, 1.54) is 50.1 Å². The Morgan fingerprint density at radius 2 is 0.600 bits per heavy atom. The van der Waals surface area contributed by atoms with Gasteiger partial charge in [-0.25, -0.2) is 0 Å². The Morgan fingerprint density at radius 3 is 0.945 bits per heavy atom. The Bertz CT molecular complexity index is 1800. The number of hydrogen-bond acceptors (Lipinski definition) is 4. The topological polar surface area (TPSA) is 47.9 Å². The molecule has 0 aliphatic rings. The molecule has 55 heavy (non-hydrogen) atoms. The minimum absolute atomic E-state index is 0.0339. The average Bonchev–Trinajstić information content (AvgIpc) is 3.17. The number of phenols is 1. The van der Waals surface area contributed by atoms with E-state index in [4.69, 9.17) is 14.2 Å². The van der Waals surface area contributed by atoms with E-state index in [1.807, 2.05) is 6.07 Å². The minimum Gasteiger partial charge on any atom is -0.504 e. The van der Waals surface area contributed by atoms with Crippen molar-refractivity contribution in [2.45, 2.75) is 178 Å². The van der Waals surface area contributed by atoms with Crippen molar-refractivity contribution < 1.29 is 19.3 Å². The first kappa shape index (κ1) is 43.8. The summed E-state index contributed by atoms with van der Waals surface area (Å²) in [4.78, 5) is 0. The number of aromatic hydroxyl groups is 1. The van der Waals surface area contributed by atoms with Crippen molar-refractivity contribution in [1.82, 2.24) is 0 Å². The molecule has 0 amide bonds. The first-order valence-electron chi connectivity index (χ1n) is 22.1. The molecule has 4 aromatic carbocycles. The van der Waals surface area contributed by atoms with Crippen LogP contribution in [0.15, 0.2) is 48.5 Å². The van der Waals surface area contributed by atoms with Gasteiger partial charge in [-0.15, -0.1) is 0 Å². The van der Waals surface area contributed by atoms with Crippen molar-refractivity contribution >= 4 is 0 Å². The maximum atomic E-state index is 11.8. The summed E-state index contributed by atoms with van der Waals surface area (Å²) in [5, 5.41) is 11.8. The summed E-state index contributed by atoms with van der Waals surface area (Å²) >= 11 is 0. The molecule has 0 heterocycles. The Hall–Kier alpha value is -3.92. The van der Waals surface area contributed by atoms with E-state index in [9.17, 15) is 5.11 Å². The van der Waals surface area contributed by atoms with E-state index in [1.54, 1.807) is 6.07 Å². The normalized spacial score (nSPS) is 11.3. The maximum Gasteiger partial charge on any atom is 0.216 e. The van der Waals surface area contributed by atoms with Crippen LogP contribution in [0.2, 0.25) is 0 Å². The largest absolute Gasteiger partial charge is 0.504 e. The molecule has 300 valence electrons. The minimum atomic E-state index is 0.0339. The number of phenolic OH excluding ortho intramolecular Hbond substituents is 1. The van der Waals surface area contributed by atoms with Gasteiger partial charge in [0.1, 0.15) is 17.2 Å². The van der Waals surface area contributed by atoms with Gasteiger partial charge in [0.2, 0.25) is 11.5 Å². The van der Waals surface area contributed by atoms with Crippen LogP contribution < -0.4 is 14.2 Å². The van der Waals surface area contributed by atoms with Gasteiger partial charge < -0.3 is 19.3 Å². The van der Waals surface area contributed by atoms with E-state index in [0.717, 1.165) is 133 Å². The number of aryl methyl sites for hydroxylation is 3. The monoisotopic (exact) mass is 749 g/mol. The molecule has 4 nitrogen and oxygen atoms in total. The molecule has 0 bridgehead atoms. The fourth-order valence-corrected chi connectivity index (χ4v) is 8.36. The zero-order chi connectivity index (χ0) is 39.7. The lowest BCUT2D eigenvalue weighted by Gasteiger charge is -2.24. The molecular weight excluding hydrogens is 677 g/mol. The molecular formula is C51H72O4. The molecule has 0 radical (unpaired) electrons. The Morgan fingerprint density at radius 1 is 0.309 bits per heavy atom. The van der Waals surface area contributed by atoms with Crippen molar-refractivity contribution in [2.75, 3.05) is 0 Å². The molecule has 0 fully saturated rings. The molecule has 4 aromatic rings. The van der Waals surface area contributed by atoms with E-state index in [0.29, 0.717) is 17.2 Å². The highest BCUT2D eigenvalue weighted by Gasteiger charge is 2.26. The first-order chi connectivity index (χ1) is 26.8. The van der Waals surface area contributed by atoms with Gasteiger partial charge in [-0.2, -0.15) is 0 Å². The lowest BCUT2D eigenvalue weighted by molar-refractivity contribution is 0.358.